The van der Waals surface area contributed by atoms with Crippen LogP contribution in [-0.4, -0.2) is 27.2 Å². The highest BCUT2D eigenvalue weighted by Gasteiger charge is 2.15. The molecule has 3 aromatic carbocycles. The normalized spacial score (nSPS) is 10.4. The predicted molar refractivity (Wildman–Crippen MR) is 107 cm³/mol. The van der Waals surface area contributed by atoms with Gasteiger partial charge in [0.25, 0.3) is 5.91 Å². The van der Waals surface area contributed by atoms with Crippen LogP contribution in [0.2, 0.25) is 0 Å². The van der Waals surface area contributed by atoms with Gasteiger partial charge in [-0.15, -0.1) is 0 Å². The van der Waals surface area contributed by atoms with Crippen LogP contribution < -0.4 is 10.6 Å². The van der Waals surface area contributed by atoms with Gasteiger partial charge in [-0.1, -0.05) is 36.4 Å². The molecule has 0 unspecified atom stereocenters. The van der Waals surface area contributed by atoms with Crippen LogP contribution in [0.3, 0.4) is 0 Å². The minimum Gasteiger partial charge on any atom is -0.507 e. The number of carboxylic acids is 1. The van der Waals surface area contributed by atoms with Crippen molar-refractivity contribution in [2.24, 2.45) is 0 Å². The molecule has 0 saturated carbocycles. The zero-order valence-electron chi connectivity index (χ0n) is 14.3. The van der Waals surface area contributed by atoms with E-state index in [1.54, 1.807) is 19.1 Å². The monoisotopic (exact) mass is 380 g/mol. The highest BCUT2D eigenvalue weighted by Crippen LogP contribution is 2.26. The van der Waals surface area contributed by atoms with E-state index in [0.717, 1.165) is 10.8 Å². The topological polar surface area (TPSA) is 98.7 Å². The van der Waals surface area contributed by atoms with Crippen LogP contribution in [0.15, 0.2) is 54.6 Å². The number of rotatable bonds is 3. The van der Waals surface area contributed by atoms with Crippen LogP contribution in [0, 0.1) is 6.92 Å². The van der Waals surface area contributed by atoms with Crippen LogP contribution in [0.1, 0.15) is 26.3 Å². The van der Waals surface area contributed by atoms with Gasteiger partial charge in [0.05, 0.1) is 0 Å². The van der Waals surface area contributed by atoms with E-state index in [9.17, 15) is 14.7 Å². The number of thiocarbonyl (C=S) groups is 1. The Kier molecular flexibility index (Phi) is 5.05. The summed E-state index contributed by atoms with van der Waals surface area (Å²) in [4.78, 5) is 23.8. The first-order chi connectivity index (χ1) is 12.9. The van der Waals surface area contributed by atoms with Crippen molar-refractivity contribution >= 4 is 45.7 Å². The zero-order valence-corrected chi connectivity index (χ0v) is 15.1. The molecule has 27 heavy (non-hydrogen) atoms. The number of aromatic hydroxyl groups is 1. The van der Waals surface area contributed by atoms with E-state index >= 15 is 0 Å². The molecule has 3 aromatic rings. The molecule has 0 saturated heterocycles. The first kappa shape index (κ1) is 18.3. The number of anilines is 1. The summed E-state index contributed by atoms with van der Waals surface area (Å²) >= 11 is 5.17. The number of hydrogen-bond acceptors (Lipinski definition) is 4. The maximum atomic E-state index is 12.6. The van der Waals surface area contributed by atoms with Gasteiger partial charge in [0.2, 0.25) is 0 Å². The Morgan fingerprint density at radius 1 is 1.00 bits per heavy atom. The van der Waals surface area contributed by atoms with Crippen molar-refractivity contribution < 1.29 is 19.8 Å². The first-order valence-electron chi connectivity index (χ1n) is 8.04. The number of carbonyl (C=O) groups excluding carboxylic acids is 1. The maximum absolute atomic E-state index is 12.6. The van der Waals surface area contributed by atoms with Gasteiger partial charge < -0.3 is 15.5 Å². The predicted octanol–water partition coefficient (Wildman–Crippen LogP) is 3.68. The van der Waals surface area contributed by atoms with Gasteiger partial charge in [-0.2, -0.15) is 0 Å². The number of hydrogen-bond donors (Lipinski definition) is 4. The number of phenols is 1. The number of fused-ring (bicyclic) bond motifs is 1. The molecule has 4 N–H and O–H groups in total. The van der Waals surface area contributed by atoms with Gasteiger partial charge >= 0.3 is 5.97 Å². The molecular formula is C20H16N2O4S. The van der Waals surface area contributed by atoms with E-state index in [2.05, 4.69) is 10.6 Å². The van der Waals surface area contributed by atoms with Gasteiger partial charge in [0.15, 0.2) is 5.11 Å². The molecule has 0 aliphatic carbocycles. The van der Waals surface area contributed by atoms with E-state index in [-0.39, 0.29) is 22.3 Å². The third-order valence-electron chi connectivity index (χ3n) is 4.05. The standard InChI is InChI=1S/C20H16N2O4S/c1-11-9-13(10-16(17(11)23)19(25)26)21-20(27)22-18(24)15-8-4-6-12-5-2-3-7-14(12)15/h2-10,23H,1H3,(H,25,26)(H2,21,22,24,27). The van der Waals surface area contributed by atoms with Gasteiger partial charge in [0, 0.05) is 11.3 Å². The lowest BCUT2D eigenvalue weighted by molar-refractivity contribution is 0.0693. The lowest BCUT2D eigenvalue weighted by Gasteiger charge is -2.13. The van der Waals surface area contributed by atoms with Crippen molar-refractivity contribution in [3.8, 4) is 5.75 Å². The Morgan fingerprint density at radius 3 is 2.44 bits per heavy atom. The van der Waals surface area contributed by atoms with Crippen LogP contribution in [0.25, 0.3) is 10.8 Å². The average Bonchev–Trinajstić information content (AvgIpc) is 2.63. The Labute approximate surface area is 160 Å². The van der Waals surface area contributed by atoms with Crippen LogP contribution in [0.5, 0.6) is 5.75 Å². The van der Waals surface area contributed by atoms with Gasteiger partial charge in [-0.3, -0.25) is 10.1 Å². The number of carboxylic acid groups (broad SMARTS) is 1. The third-order valence-corrected chi connectivity index (χ3v) is 4.25. The number of carbonyl (C=O) groups is 2. The number of amides is 1. The summed E-state index contributed by atoms with van der Waals surface area (Å²) in [6.07, 6.45) is 0. The van der Waals surface area contributed by atoms with Crippen LogP contribution in [0.4, 0.5) is 5.69 Å². The molecule has 0 heterocycles. The fourth-order valence-electron chi connectivity index (χ4n) is 2.77. The number of nitrogens with one attached hydrogen (secondary N) is 2. The van der Waals surface area contributed by atoms with Crippen molar-refractivity contribution in [3.05, 3.63) is 71.3 Å². The van der Waals surface area contributed by atoms with E-state index < -0.39 is 5.97 Å². The molecule has 0 radical (unpaired) electrons. The van der Waals surface area contributed by atoms with Crippen LogP contribution >= 0.6 is 12.2 Å². The second kappa shape index (κ2) is 7.43. The molecule has 0 aromatic heterocycles. The van der Waals surface area contributed by atoms with Crippen molar-refractivity contribution in [1.29, 1.82) is 0 Å². The van der Waals surface area contributed by atoms with Gasteiger partial charge in [-0.25, -0.2) is 4.79 Å². The lowest BCUT2D eigenvalue weighted by atomic mass is 10.0. The first-order valence-corrected chi connectivity index (χ1v) is 8.44. The molecule has 0 bridgehead atoms. The summed E-state index contributed by atoms with van der Waals surface area (Å²) < 4.78 is 0. The van der Waals surface area contributed by atoms with Crippen LogP contribution in [-0.2, 0) is 0 Å². The van der Waals surface area contributed by atoms with Gasteiger partial charge in [0.1, 0.15) is 11.3 Å². The summed E-state index contributed by atoms with van der Waals surface area (Å²) in [5, 5.41) is 26.1. The molecule has 3 rings (SSSR count). The quantitative estimate of drug-likeness (QED) is 0.409. The fourth-order valence-corrected chi connectivity index (χ4v) is 2.98. The summed E-state index contributed by atoms with van der Waals surface area (Å²) in [5.74, 6) is -1.94. The van der Waals surface area contributed by atoms with E-state index in [1.807, 2.05) is 30.3 Å². The molecule has 0 aliphatic heterocycles. The zero-order chi connectivity index (χ0) is 19.6. The molecular weight excluding hydrogens is 364 g/mol. The number of aromatic carboxylic acids is 1. The number of aryl methyl sites for hydroxylation is 1. The van der Waals surface area contributed by atoms with Gasteiger partial charge in [-0.05, 0) is 53.7 Å². The summed E-state index contributed by atoms with van der Waals surface area (Å²) in [7, 11) is 0. The Bertz CT molecular complexity index is 1070. The summed E-state index contributed by atoms with van der Waals surface area (Å²) in [6, 6.07) is 15.7. The Balaban J connectivity index is 1.80. The second-order valence-electron chi connectivity index (χ2n) is 5.93. The van der Waals surface area contributed by atoms with E-state index in [4.69, 9.17) is 17.3 Å². The summed E-state index contributed by atoms with van der Waals surface area (Å²) in [5.41, 5.74) is 0.956. The van der Waals surface area contributed by atoms with E-state index in [0.29, 0.717) is 16.8 Å². The largest absolute Gasteiger partial charge is 0.507 e. The van der Waals surface area contributed by atoms with Crippen molar-refractivity contribution in [2.45, 2.75) is 6.92 Å². The molecule has 0 atom stereocenters. The SMILES string of the molecule is Cc1cc(NC(=S)NC(=O)c2cccc3ccccc23)cc(C(=O)O)c1O. The van der Waals surface area contributed by atoms with E-state index in [1.165, 1.54) is 12.1 Å². The summed E-state index contributed by atoms with van der Waals surface area (Å²) in [6.45, 7) is 1.57. The molecule has 1 amide bonds. The molecule has 7 heteroatoms. The molecule has 0 aliphatic rings. The Hall–Kier alpha value is -3.45. The highest BCUT2D eigenvalue weighted by molar-refractivity contribution is 7.80. The molecule has 0 fully saturated rings. The average molecular weight is 380 g/mol. The highest BCUT2D eigenvalue weighted by atomic mass is 32.1. The smallest absolute Gasteiger partial charge is 0.339 e. The van der Waals surface area contributed by atoms with Crippen molar-refractivity contribution in [3.63, 3.8) is 0 Å². The van der Waals surface area contributed by atoms with Crippen molar-refractivity contribution in [1.82, 2.24) is 5.32 Å². The molecule has 0 spiro atoms. The molecule has 136 valence electrons. The third kappa shape index (κ3) is 3.88. The molecule has 6 nitrogen and oxygen atoms in total. The maximum Gasteiger partial charge on any atom is 0.339 e. The minimum absolute atomic E-state index is 0.0226. The second-order valence-corrected chi connectivity index (χ2v) is 6.34. The lowest BCUT2D eigenvalue weighted by Crippen LogP contribution is -2.34. The number of benzene rings is 3. The van der Waals surface area contributed by atoms with Crippen molar-refractivity contribution in [2.75, 3.05) is 5.32 Å². The Morgan fingerprint density at radius 2 is 1.70 bits per heavy atom. The minimum atomic E-state index is -1.26. The fraction of sp³-hybridized carbons (Fsp3) is 0.0500.